The van der Waals surface area contributed by atoms with Crippen LogP contribution in [0.15, 0.2) is 24.3 Å². The van der Waals surface area contributed by atoms with E-state index >= 15 is 0 Å². The number of anilines is 1. The number of halogens is 3. The summed E-state index contributed by atoms with van der Waals surface area (Å²) in [6.07, 6.45) is 0. The third-order valence-corrected chi connectivity index (χ3v) is 3.56. The normalized spacial score (nSPS) is 10.2. The van der Waals surface area contributed by atoms with Gasteiger partial charge in [0.1, 0.15) is 0 Å². The maximum absolute atomic E-state index is 12.1. The number of aromatic carboxylic acids is 1. The van der Waals surface area contributed by atoms with Gasteiger partial charge >= 0.3 is 5.97 Å². The molecule has 9 heteroatoms. The molecule has 0 aliphatic heterocycles. The number of carboxylic acids is 1. The number of amides is 1. The van der Waals surface area contributed by atoms with Crippen LogP contribution in [0.4, 0.5) is 5.69 Å². The van der Waals surface area contributed by atoms with Gasteiger partial charge in [0.15, 0.2) is 10.3 Å². The molecular formula is C12H6Cl2IN3O3. The monoisotopic (exact) mass is 437 g/mol. The first-order valence-electron chi connectivity index (χ1n) is 5.41. The number of carbonyl (C=O) groups excluding carboxylic acids is 1. The molecular weight excluding hydrogens is 432 g/mol. The van der Waals surface area contributed by atoms with Crippen molar-refractivity contribution < 1.29 is 14.7 Å². The molecule has 0 bridgehead atoms. The minimum absolute atomic E-state index is 0.00520. The van der Waals surface area contributed by atoms with Gasteiger partial charge in [-0.25, -0.2) is 4.79 Å². The van der Waals surface area contributed by atoms with Crippen molar-refractivity contribution in [3.8, 4) is 0 Å². The van der Waals surface area contributed by atoms with Crippen LogP contribution < -0.4 is 5.32 Å². The Balaban J connectivity index is 2.36. The number of hydrogen-bond donors (Lipinski definition) is 2. The summed E-state index contributed by atoms with van der Waals surface area (Å²) in [6, 6.07) is 5.85. The van der Waals surface area contributed by atoms with E-state index in [-0.39, 0.29) is 27.1 Å². The molecule has 1 heterocycles. The first kappa shape index (κ1) is 15.9. The molecule has 0 spiro atoms. The Morgan fingerprint density at radius 2 is 1.86 bits per heavy atom. The highest BCUT2D eigenvalue weighted by molar-refractivity contribution is 14.1. The lowest BCUT2D eigenvalue weighted by molar-refractivity contribution is 0.0698. The van der Waals surface area contributed by atoms with Crippen LogP contribution in [0.5, 0.6) is 0 Å². The average molecular weight is 438 g/mol. The van der Waals surface area contributed by atoms with Gasteiger partial charge in [0, 0.05) is 3.57 Å². The maximum atomic E-state index is 12.1. The molecule has 1 amide bonds. The summed E-state index contributed by atoms with van der Waals surface area (Å²) in [4.78, 5) is 23.3. The highest BCUT2D eigenvalue weighted by atomic mass is 127. The molecule has 1 aromatic carbocycles. The zero-order valence-electron chi connectivity index (χ0n) is 10.1. The number of rotatable bonds is 3. The summed E-state index contributed by atoms with van der Waals surface area (Å²) in [5.41, 5.74) is 0.128. The van der Waals surface area contributed by atoms with Crippen molar-refractivity contribution in [3.05, 3.63) is 49.3 Å². The van der Waals surface area contributed by atoms with Crippen molar-refractivity contribution in [2.45, 2.75) is 0 Å². The third-order valence-electron chi connectivity index (χ3n) is 2.42. The minimum atomic E-state index is -1.15. The van der Waals surface area contributed by atoms with E-state index in [0.29, 0.717) is 0 Å². The Bertz CT molecular complexity index is 740. The quantitative estimate of drug-likeness (QED) is 0.718. The highest BCUT2D eigenvalue weighted by Crippen LogP contribution is 2.22. The maximum Gasteiger partial charge on any atom is 0.337 e. The van der Waals surface area contributed by atoms with E-state index < -0.39 is 11.9 Å². The van der Waals surface area contributed by atoms with E-state index in [0.717, 1.165) is 3.57 Å². The van der Waals surface area contributed by atoms with E-state index in [2.05, 4.69) is 15.5 Å². The lowest BCUT2D eigenvalue weighted by atomic mass is 10.1. The molecule has 0 unspecified atom stereocenters. The molecule has 0 saturated heterocycles. The van der Waals surface area contributed by atoms with E-state index in [1.807, 2.05) is 22.6 Å². The summed E-state index contributed by atoms with van der Waals surface area (Å²) in [5.74, 6) is -1.78. The van der Waals surface area contributed by atoms with Crippen LogP contribution >= 0.6 is 45.8 Å². The van der Waals surface area contributed by atoms with Gasteiger partial charge in [0.2, 0.25) is 0 Å². The fourth-order valence-electron chi connectivity index (χ4n) is 1.50. The van der Waals surface area contributed by atoms with Gasteiger partial charge in [-0.05, 0) is 46.9 Å². The SMILES string of the molecule is O=C(O)c1cc(I)ccc1NC(=O)c1cc(Cl)nnc1Cl. The fourth-order valence-corrected chi connectivity index (χ4v) is 2.32. The van der Waals surface area contributed by atoms with Crippen LogP contribution in [0.3, 0.4) is 0 Å². The molecule has 0 saturated carbocycles. The molecule has 0 aliphatic rings. The summed E-state index contributed by atoms with van der Waals surface area (Å²) in [5, 5.41) is 18.5. The topological polar surface area (TPSA) is 92.2 Å². The van der Waals surface area contributed by atoms with E-state index in [1.54, 1.807) is 6.07 Å². The molecule has 0 fully saturated rings. The van der Waals surface area contributed by atoms with Crippen LogP contribution in [0.25, 0.3) is 0 Å². The van der Waals surface area contributed by atoms with Gasteiger partial charge < -0.3 is 10.4 Å². The van der Waals surface area contributed by atoms with Crippen molar-refractivity contribution in [2.24, 2.45) is 0 Å². The number of nitrogens with zero attached hydrogens (tertiary/aromatic N) is 2. The largest absolute Gasteiger partial charge is 0.478 e. The number of benzene rings is 1. The molecule has 108 valence electrons. The number of aromatic nitrogens is 2. The second-order valence-corrected chi connectivity index (χ2v) is 5.81. The van der Waals surface area contributed by atoms with Gasteiger partial charge in [-0.1, -0.05) is 23.2 Å². The lowest BCUT2D eigenvalue weighted by Gasteiger charge is -2.09. The van der Waals surface area contributed by atoms with Crippen LogP contribution in [0.2, 0.25) is 10.3 Å². The molecule has 0 aliphatic carbocycles. The van der Waals surface area contributed by atoms with Gasteiger partial charge in [-0.3, -0.25) is 4.79 Å². The summed E-state index contributed by atoms with van der Waals surface area (Å²) in [6.45, 7) is 0. The van der Waals surface area contributed by atoms with Gasteiger partial charge in [-0.2, -0.15) is 0 Å². The Morgan fingerprint density at radius 3 is 2.52 bits per heavy atom. The van der Waals surface area contributed by atoms with Gasteiger partial charge in [0.25, 0.3) is 5.91 Å². The Labute approximate surface area is 142 Å². The van der Waals surface area contributed by atoms with Crippen molar-refractivity contribution in [1.82, 2.24) is 10.2 Å². The Hall–Kier alpha value is -1.45. The smallest absolute Gasteiger partial charge is 0.337 e. The first-order chi connectivity index (χ1) is 9.88. The summed E-state index contributed by atoms with van der Waals surface area (Å²) >= 11 is 13.4. The second-order valence-electron chi connectivity index (χ2n) is 3.82. The lowest BCUT2D eigenvalue weighted by Crippen LogP contribution is -2.16. The van der Waals surface area contributed by atoms with Crippen molar-refractivity contribution >= 4 is 63.4 Å². The molecule has 6 nitrogen and oxygen atoms in total. The number of carbonyl (C=O) groups is 2. The van der Waals surface area contributed by atoms with Crippen LogP contribution in [0.1, 0.15) is 20.7 Å². The fraction of sp³-hybridized carbons (Fsp3) is 0. The first-order valence-corrected chi connectivity index (χ1v) is 7.25. The molecule has 21 heavy (non-hydrogen) atoms. The predicted molar refractivity (Wildman–Crippen MR) is 86.1 cm³/mol. The van der Waals surface area contributed by atoms with Crippen LogP contribution in [-0.4, -0.2) is 27.2 Å². The van der Waals surface area contributed by atoms with E-state index in [9.17, 15) is 9.59 Å². The van der Waals surface area contributed by atoms with Crippen molar-refractivity contribution in [1.29, 1.82) is 0 Å². The zero-order chi connectivity index (χ0) is 15.6. The average Bonchev–Trinajstić information content (AvgIpc) is 2.43. The molecule has 1 aromatic heterocycles. The molecule has 2 rings (SSSR count). The second kappa shape index (κ2) is 6.54. The van der Waals surface area contributed by atoms with Gasteiger partial charge in [-0.15, -0.1) is 10.2 Å². The molecule has 2 N–H and O–H groups in total. The standard InChI is InChI=1S/C12H6Cl2IN3O3/c13-9-4-7(10(14)18-17-9)11(19)16-8-2-1-5(15)3-6(8)12(20)21/h1-4H,(H,16,19)(H,20,21). The van der Waals surface area contributed by atoms with Crippen LogP contribution in [0, 0.1) is 3.57 Å². The number of carboxylic acid groups (broad SMARTS) is 1. The predicted octanol–water partition coefficient (Wildman–Crippen LogP) is 3.34. The third kappa shape index (κ3) is 3.80. The number of hydrogen-bond acceptors (Lipinski definition) is 4. The number of nitrogens with one attached hydrogen (secondary N) is 1. The molecule has 2 aromatic rings. The van der Waals surface area contributed by atoms with Crippen LogP contribution in [-0.2, 0) is 0 Å². The van der Waals surface area contributed by atoms with Gasteiger partial charge in [0.05, 0.1) is 16.8 Å². The Morgan fingerprint density at radius 1 is 1.14 bits per heavy atom. The summed E-state index contributed by atoms with van der Waals surface area (Å²) < 4.78 is 0.731. The Kier molecular flexibility index (Phi) is 4.96. The van der Waals surface area contributed by atoms with E-state index in [4.69, 9.17) is 28.3 Å². The zero-order valence-corrected chi connectivity index (χ0v) is 13.8. The molecule has 0 atom stereocenters. The van der Waals surface area contributed by atoms with E-state index in [1.165, 1.54) is 18.2 Å². The molecule has 0 radical (unpaired) electrons. The summed E-state index contributed by atoms with van der Waals surface area (Å²) in [7, 11) is 0. The van der Waals surface area contributed by atoms with Crippen molar-refractivity contribution in [2.75, 3.05) is 5.32 Å². The highest BCUT2D eigenvalue weighted by Gasteiger charge is 2.17. The van der Waals surface area contributed by atoms with Crippen molar-refractivity contribution in [3.63, 3.8) is 0 Å². The minimum Gasteiger partial charge on any atom is -0.478 e.